The van der Waals surface area contributed by atoms with Crippen molar-refractivity contribution in [1.29, 1.82) is 0 Å². The fourth-order valence-corrected chi connectivity index (χ4v) is 4.58. The molecule has 1 aromatic rings. The number of carbonyl (C=O) groups is 3. The summed E-state index contributed by atoms with van der Waals surface area (Å²) in [5.74, 6) is -1.85. The molecule has 3 rings (SSSR count). The molecule has 0 radical (unpaired) electrons. The lowest BCUT2D eigenvalue weighted by Crippen LogP contribution is -2.47. The summed E-state index contributed by atoms with van der Waals surface area (Å²) in [6.45, 7) is 1.77. The molecule has 2 aliphatic carbocycles. The van der Waals surface area contributed by atoms with Crippen LogP contribution in [0.3, 0.4) is 0 Å². The van der Waals surface area contributed by atoms with Gasteiger partial charge in [-0.25, -0.2) is 9.18 Å². The van der Waals surface area contributed by atoms with Crippen molar-refractivity contribution in [3.05, 3.63) is 46.8 Å². The molecule has 0 spiro atoms. The van der Waals surface area contributed by atoms with Gasteiger partial charge in [0.15, 0.2) is 0 Å². The van der Waals surface area contributed by atoms with Gasteiger partial charge in [-0.15, -0.1) is 0 Å². The van der Waals surface area contributed by atoms with Gasteiger partial charge in [0.1, 0.15) is 17.0 Å². The second-order valence-corrected chi connectivity index (χ2v) is 7.40. The van der Waals surface area contributed by atoms with Gasteiger partial charge in [0.05, 0.1) is 19.3 Å². The van der Waals surface area contributed by atoms with Crippen LogP contribution in [0.2, 0.25) is 0 Å². The van der Waals surface area contributed by atoms with E-state index in [1.54, 1.807) is 6.92 Å². The molecule has 1 unspecified atom stereocenters. The van der Waals surface area contributed by atoms with Gasteiger partial charge < -0.3 is 9.47 Å². The van der Waals surface area contributed by atoms with E-state index in [1.165, 1.54) is 31.4 Å². The third-order valence-corrected chi connectivity index (χ3v) is 5.80. The number of esters is 2. The van der Waals surface area contributed by atoms with Crippen LogP contribution < -0.4 is 0 Å². The molecule has 1 atom stereocenters. The fraction of sp³-hybridized carbons (Fsp3) is 0.500. The number of rotatable bonds is 5. The molecule has 0 amide bonds. The molecular formula is C22H25FO5. The zero-order valence-electron chi connectivity index (χ0n) is 16.3. The summed E-state index contributed by atoms with van der Waals surface area (Å²) in [5, 5.41) is 0. The molecule has 1 saturated carbocycles. The Hall–Kier alpha value is -2.50. The maximum absolute atomic E-state index is 13.6. The highest BCUT2D eigenvalue weighted by Crippen LogP contribution is 2.48. The van der Waals surface area contributed by atoms with Crippen molar-refractivity contribution < 1.29 is 28.2 Å². The van der Waals surface area contributed by atoms with Crippen molar-refractivity contribution in [2.45, 2.75) is 50.9 Å². The number of Topliss-reactive ketones (excluding diaryl/α,β-unsaturated/α-hetero) is 1. The molecule has 2 aliphatic rings. The van der Waals surface area contributed by atoms with Crippen LogP contribution in [-0.2, 0) is 29.3 Å². The van der Waals surface area contributed by atoms with E-state index in [1.807, 2.05) is 0 Å². The number of carbonyl (C=O) groups excluding carboxylic acids is 3. The molecule has 1 aromatic carbocycles. The number of halogens is 1. The van der Waals surface area contributed by atoms with E-state index in [4.69, 9.17) is 9.47 Å². The van der Waals surface area contributed by atoms with Gasteiger partial charge in [0.2, 0.25) is 0 Å². The number of benzene rings is 1. The standard InChI is InChI=1S/C22H25FO5/c1-3-28-21(26)22(15-8-10-16(23)11-9-15)13-17(24)12-18(14-6-4-5-7-14)19(22)20(25)27-2/h8-11,14H,3-7,12-13H2,1-2H3. The Balaban J connectivity index is 2.30. The fourth-order valence-electron chi connectivity index (χ4n) is 4.58. The van der Waals surface area contributed by atoms with Crippen molar-refractivity contribution >= 4 is 17.7 Å². The predicted octanol–water partition coefficient (Wildman–Crippen LogP) is 3.65. The monoisotopic (exact) mass is 388 g/mol. The molecule has 28 heavy (non-hydrogen) atoms. The first-order valence-electron chi connectivity index (χ1n) is 9.70. The Kier molecular flexibility index (Phi) is 5.96. The highest BCUT2D eigenvalue weighted by molar-refractivity contribution is 6.08. The van der Waals surface area contributed by atoms with E-state index >= 15 is 0 Å². The summed E-state index contributed by atoms with van der Waals surface area (Å²) in [6.07, 6.45) is 3.70. The van der Waals surface area contributed by atoms with E-state index in [-0.39, 0.29) is 36.7 Å². The van der Waals surface area contributed by atoms with Crippen LogP contribution in [-0.4, -0.2) is 31.4 Å². The molecule has 0 aromatic heterocycles. The molecule has 0 saturated heterocycles. The molecule has 150 valence electrons. The summed E-state index contributed by atoms with van der Waals surface area (Å²) in [5.41, 5.74) is -0.356. The van der Waals surface area contributed by atoms with Crippen molar-refractivity contribution in [2.24, 2.45) is 5.92 Å². The van der Waals surface area contributed by atoms with E-state index in [9.17, 15) is 18.8 Å². The second kappa shape index (κ2) is 8.25. The summed E-state index contributed by atoms with van der Waals surface area (Å²) < 4.78 is 23.9. The Morgan fingerprint density at radius 3 is 2.39 bits per heavy atom. The molecular weight excluding hydrogens is 363 g/mol. The van der Waals surface area contributed by atoms with E-state index in [0.717, 1.165) is 25.7 Å². The first kappa shape index (κ1) is 20.2. The summed E-state index contributed by atoms with van der Waals surface area (Å²) in [7, 11) is 1.26. The Bertz CT molecular complexity index is 805. The third-order valence-electron chi connectivity index (χ3n) is 5.80. The molecule has 5 nitrogen and oxygen atoms in total. The van der Waals surface area contributed by atoms with Gasteiger partial charge in [-0.3, -0.25) is 9.59 Å². The molecule has 0 N–H and O–H groups in total. The number of ketones is 1. The van der Waals surface area contributed by atoms with E-state index in [2.05, 4.69) is 0 Å². The number of hydrogen-bond donors (Lipinski definition) is 0. The zero-order valence-corrected chi connectivity index (χ0v) is 16.3. The van der Waals surface area contributed by atoms with Crippen LogP contribution >= 0.6 is 0 Å². The van der Waals surface area contributed by atoms with Gasteiger partial charge in [-0.2, -0.15) is 0 Å². The van der Waals surface area contributed by atoms with Crippen LogP contribution in [0.5, 0.6) is 0 Å². The lowest BCUT2D eigenvalue weighted by Gasteiger charge is -2.38. The van der Waals surface area contributed by atoms with Crippen LogP contribution in [0.15, 0.2) is 35.4 Å². The van der Waals surface area contributed by atoms with Crippen molar-refractivity contribution in [1.82, 2.24) is 0 Å². The molecule has 1 fully saturated rings. The molecule has 6 heteroatoms. The number of allylic oxidation sites excluding steroid dienone is 1. The normalized spacial score (nSPS) is 23.0. The van der Waals surface area contributed by atoms with Gasteiger partial charge in [-0.1, -0.05) is 25.0 Å². The lowest BCUT2D eigenvalue weighted by atomic mass is 9.63. The zero-order chi connectivity index (χ0) is 20.3. The van der Waals surface area contributed by atoms with Crippen LogP contribution in [0.4, 0.5) is 4.39 Å². The maximum atomic E-state index is 13.6. The maximum Gasteiger partial charge on any atom is 0.335 e. The topological polar surface area (TPSA) is 69.7 Å². The summed E-state index contributed by atoms with van der Waals surface area (Å²) in [4.78, 5) is 38.9. The first-order valence-corrected chi connectivity index (χ1v) is 9.70. The Morgan fingerprint density at radius 2 is 1.82 bits per heavy atom. The summed E-state index contributed by atoms with van der Waals surface area (Å²) >= 11 is 0. The van der Waals surface area contributed by atoms with Crippen LogP contribution in [0.1, 0.15) is 51.0 Å². The first-order chi connectivity index (χ1) is 13.4. The molecule has 0 aliphatic heterocycles. The van der Waals surface area contributed by atoms with Crippen molar-refractivity contribution in [3.8, 4) is 0 Å². The predicted molar refractivity (Wildman–Crippen MR) is 100.0 cm³/mol. The largest absolute Gasteiger partial charge is 0.466 e. The highest BCUT2D eigenvalue weighted by Gasteiger charge is 2.54. The van der Waals surface area contributed by atoms with E-state index < -0.39 is 23.2 Å². The minimum atomic E-state index is -1.61. The SMILES string of the molecule is CCOC(=O)C1(c2ccc(F)cc2)CC(=O)CC(C2CCCC2)=C1C(=O)OC. The number of methoxy groups -OCH3 is 1. The smallest absolute Gasteiger partial charge is 0.335 e. The average molecular weight is 388 g/mol. The Labute approximate surface area is 163 Å². The van der Waals surface area contributed by atoms with Crippen LogP contribution in [0.25, 0.3) is 0 Å². The molecule has 0 heterocycles. The van der Waals surface area contributed by atoms with Crippen molar-refractivity contribution in [3.63, 3.8) is 0 Å². The van der Waals surface area contributed by atoms with Gasteiger partial charge in [0.25, 0.3) is 0 Å². The lowest BCUT2D eigenvalue weighted by molar-refractivity contribution is -0.153. The van der Waals surface area contributed by atoms with Gasteiger partial charge >= 0.3 is 11.9 Å². The quantitative estimate of drug-likeness (QED) is 0.720. The minimum Gasteiger partial charge on any atom is -0.466 e. The van der Waals surface area contributed by atoms with E-state index in [0.29, 0.717) is 11.1 Å². The van der Waals surface area contributed by atoms with Crippen molar-refractivity contribution in [2.75, 3.05) is 13.7 Å². The van der Waals surface area contributed by atoms with Gasteiger partial charge in [-0.05, 0) is 49.0 Å². The average Bonchev–Trinajstić information content (AvgIpc) is 3.22. The van der Waals surface area contributed by atoms with Gasteiger partial charge in [0, 0.05) is 12.8 Å². The minimum absolute atomic E-state index is 0.0626. The Morgan fingerprint density at radius 1 is 1.18 bits per heavy atom. The molecule has 0 bridgehead atoms. The number of ether oxygens (including phenoxy) is 2. The number of hydrogen-bond acceptors (Lipinski definition) is 5. The van der Waals surface area contributed by atoms with Crippen LogP contribution in [0, 0.1) is 11.7 Å². The second-order valence-electron chi connectivity index (χ2n) is 7.40. The summed E-state index contributed by atoms with van der Waals surface area (Å²) in [6, 6.07) is 5.33. The third kappa shape index (κ3) is 3.48. The highest BCUT2D eigenvalue weighted by atomic mass is 19.1.